The second kappa shape index (κ2) is 7.55. The predicted octanol–water partition coefficient (Wildman–Crippen LogP) is 1.90. The van der Waals surface area contributed by atoms with E-state index in [0.717, 1.165) is 5.56 Å². The average Bonchev–Trinajstić information content (AvgIpc) is 2.67. The Balaban J connectivity index is 1.75. The summed E-state index contributed by atoms with van der Waals surface area (Å²) < 4.78 is 0. The van der Waals surface area contributed by atoms with Crippen LogP contribution in [0.1, 0.15) is 22.0 Å². The second-order valence-electron chi connectivity index (χ2n) is 5.50. The van der Waals surface area contributed by atoms with Crippen molar-refractivity contribution in [1.82, 2.24) is 15.3 Å². The molecule has 0 aliphatic rings. The fraction of sp³-hybridized carbons (Fsp3) is 0.105. The van der Waals surface area contributed by atoms with Crippen molar-refractivity contribution < 1.29 is 9.90 Å². The number of aliphatic hydroxyl groups excluding tert-OH is 1. The molecule has 0 aliphatic heterocycles. The summed E-state index contributed by atoms with van der Waals surface area (Å²) >= 11 is 0. The standard InChI is InChI=1S/C19H17N3O3/c23-17(14-4-2-1-3-5-14)12-22-19(25)16-10-15(11-21-18(16)24)13-6-8-20-9-7-13/h1-11,17,23H,12H2,(H,21,24)(H,22,25)/t17-/m1/s1. The molecule has 6 nitrogen and oxygen atoms in total. The molecule has 0 saturated heterocycles. The zero-order valence-electron chi connectivity index (χ0n) is 13.3. The Bertz CT molecular complexity index is 908. The quantitative estimate of drug-likeness (QED) is 0.664. The number of carbonyl (C=O) groups is 1. The zero-order valence-corrected chi connectivity index (χ0v) is 13.3. The van der Waals surface area contributed by atoms with Crippen LogP contribution in [0.5, 0.6) is 0 Å². The largest absolute Gasteiger partial charge is 0.387 e. The van der Waals surface area contributed by atoms with Crippen LogP contribution >= 0.6 is 0 Å². The molecule has 0 radical (unpaired) electrons. The number of benzene rings is 1. The van der Waals surface area contributed by atoms with E-state index < -0.39 is 17.6 Å². The summed E-state index contributed by atoms with van der Waals surface area (Å²) in [6.45, 7) is 0.0156. The van der Waals surface area contributed by atoms with Crippen molar-refractivity contribution in [1.29, 1.82) is 0 Å². The first kappa shape index (κ1) is 16.6. The normalized spacial score (nSPS) is 11.7. The molecule has 2 aromatic heterocycles. The van der Waals surface area contributed by atoms with Gasteiger partial charge >= 0.3 is 0 Å². The maximum Gasteiger partial charge on any atom is 0.260 e. The summed E-state index contributed by atoms with van der Waals surface area (Å²) in [5.74, 6) is -0.535. The fourth-order valence-electron chi connectivity index (χ4n) is 2.44. The molecule has 1 aromatic carbocycles. The first-order valence-corrected chi connectivity index (χ1v) is 7.79. The maximum atomic E-state index is 12.3. The van der Waals surface area contributed by atoms with Gasteiger partial charge in [-0.3, -0.25) is 14.6 Å². The van der Waals surface area contributed by atoms with Crippen LogP contribution in [0.3, 0.4) is 0 Å². The summed E-state index contributed by atoms with van der Waals surface area (Å²) in [7, 11) is 0. The summed E-state index contributed by atoms with van der Waals surface area (Å²) in [4.78, 5) is 30.8. The number of pyridine rings is 2. The van der Waals surface area contributed by atoms with Gasteiger partial charge in [0.15, 0.2) is 0 Å². The number of aromatic nitrogens is 2. The lowest BCUT2D eigenvalue weighted by Gasteiger charge is -2.12. The van der Waals surface area contributed by atoms with Crippen LogP contribution < -0.4 is 10.9 Å². The van der Waals surface area contributed by atoms with Gasteiger partial charge in [0.1, 0.15) is 5.56 Å². The van der Waals surface area contributed by atoms with Gasteiger partial charge in [-0.15, -0.1) is 0 Å². The molecule has 25 heavy (non-hydrogen) atoms. The summed E-state index contributed by atoms with van der Waals surface area (Å²) in [6, 6.07) is 14.1. The molecule has 126 valence electrons. The van der Waals surface area contributed by atoms with E-state index in [1.165, 1.54) is 6.07 Å². The topological polar surface area (TPSA) is 95.1 Å². The average molecular weight is 335 g/mol. The zero-order chi connectivity index (χ0) is 17.6. The monoisotopic (exact) mass is 335 g/mol. The molecule has 0 spiro atoms. The van der Waals surface area contributed by atoms with Crippen LogP contribution in [0.2, 0.25) is 0 Å². The Labute approximate surface area is 144 Å². The van der Waals surface area contributed by atoms with Gasteiger partial charge in [0.05, 0.1) is 6.10 Å². The van der Waals surface area contributed by atoms with Crippen molar-refractivity contribution >= 4 is 5.91 Å². The Hall–Kier alpha value is -3.25. The summed E-state index contributed by atoms with van der Waals surface area (Å²) in [6.07, 6.45) is 3.98. The Morgan fingerprint density at radius 2 is 1.84 bits per heavy atom. The number of aliphatic hydroxyl groups is 1. The van der Waals surface area contributed by atoms with Crippen LogP contribution in [0, 0.1) is 0 Å². The van der Waals surface area contributed by atoms with E-state index in [1.807, 2.05) is 18.2 Å². The van der Waals surface area contributed by atoms with E-state index in [1.54, 1.807) is 42.9 Å². The molecule has 3 N–H and O–H groups in total. The first-order chi connectivity index (χ1) is 12.1. The molecule has 2 heterocycles. The summed E-state index contributed by atoms with van der Waals surface area (Å²) in [5, 5.41) is 12.7. The molecular formula is C19H17N3O3. The van der Waals surface area contributed by atoms with Crippen molar-refractivity contribution in [3.63, 3.8) is 0 Å². The molecular weight excluding hydrogens is 318 g/mol. The predicted molar refractivity (Wildman–Crippen MR) is 94.0 cm³/mol. The Kier molecular flexibility index (Phi) is 5.01. The minimum atomic E-state index is -0.840. The molecule has 3 aromatic rings. The molecule has 1 amide bonds. The third kappa shape index (κ3) is 3.99. The molecule has 0 bridgehead atoms. The number of nitrogens with one attached hydrogen (secondary N) is 2. The number of hydrogen-bond acceptors (Lipinski definition) is 4. The summed E-state index contributed by atoms with van der Waals surface area (Å²) in [5.41, 5.74) is 1.75. The van der Waals surface area contributed by atoms with Gasteiger partial charge in [-0.2, -0.15) is 0 Å². The Morgan fingerprint density at radius 1 is 1.12 bits per heavy atom. The van der Waals surface area contributed by atoms with E-state index in [0.29, 0.717) is 11.1 Å². The van der Waals surface area contributed by atoms with E-state index in [4.69, 9.17) is 0 Å². The van der Waals surface area contributed by atoms with E-state index in [9.17, 15) is 14.7 Å². The number of aromatic amines is 1. The highest BCUT2D eigenvalue weighted by atomic mass is 16.3. The van der Waals surface area contributed by atoms with E-state index in [2.05, 4.69) is 15.3 Å². The maximum absolute atomic E-state index is 12.3. The van der Waals surface area contributed by atoms with E-state index in [-0.39, 0.29) is 12.1 Å². The smallest absolute Gasteiger partial charge is 0.260 e. The number of carbonyl (C=O) groups excluding carboxylic acids is 1. The molecule has 0 saturated carbocycles. The lowest BCUT2D eigenvalue weighted by molar-refractivity contribution is 0.0915. The molecule has 0 aliphatic carbocycles. The lowest BCUT2D eigenvalue weighted by atomic mass is 10.1. The van der Waals surface area contributed by atoms with Gasteiger partial charge in [0.2, 0.25) is 0 Å². The van der Waals surface area contributed by atoms with Crippen LogP contribution in [0.15, 0.2) is 71.9 Å². The first-order valence-electron chi connectivity index (χ1n) is 7.79. The van der Waals surface area contributed by atoms with Crippen LogP contribution in [-0.4, -0.2) is 27.5 Å². The van der Waals surface area contributed by atoms with Crippen molar-refractivity contribution in [3.8, 4) is 11.1 Å². The van der Waals surface area contributed by atoms with Crippen molar-refractivity contribution in [3.05, 3.63) is 88.6 Å². The van der Waals surface area contributed by atoms with Gasteiger partial charge in [0.25, 0.3) is 11.5 Å². The Morgan fingerprint density at radius 3 is 2.56 bits per heavy atom. The van der Waals surface area contributed by atoms with Crippen LogP contribution in [0.4, 0.5) is 0 Å². The second-order valence-corrected chi connectivity index (χ2v) is 5.50. The van der Waals surface area contributed by atoms with Crippen LogP contribution in [0.25, 0.3) is 11.1 Å². The fourth-order valence-corrected chi connectivity index (χ4v) is 2.44. The number of hydrogen-bond donors (Lipinski definition) is 3. The number of nitrogens with zero attached hydrogens (tertiary/aromatic N) is 1. The number of H-pyrrole nitrogens is 1. The van der Waals surface area contributed by atoms with Gasteiger partial charge in [-0.05, 0) is 34.9 Å². The highest BCUT2D eigenvalue weighted by Gasteiger charge is 2.14. The lowest BCUT2D eigenvalue weighted by Crippen LogP contribution is -2.32. The van der Waals surface area contributed by atoms with Gasteiger partial charge < -0.3 is 15.4 Å². The SMILES string of the molecule is O=C(NC[C@@H](O)c1ccccc1)c1cc(-c2ccncc2)c[nH]c1=O. The van der Waals surface area contributed by atoms with Crippen molar-refractivity contribution in [2.24, 2.45) is 0 Å². The van der Waals surface area contributed by atoms with Crippen molar-refractivity contribution in [2.75, 3.05) is 6.54 Å². The molecule has 0 fully saturated rings. The van der Waals surface area contributed by atoms with Crippen LogP contribution in [-0.2, 0) is 0 Å². The molecule has 6 heteroatoms. The third-order valence-electron chi connectivity index (χ3n) is 3.80. The minimum Gasteiger partial charge on any atom is -0.387 e. The molecule has 0 unspecified atom stereocenters. The van der Waals surface area contributed by atoms with Crippen molar-refractivity contribution in [2.45, 2.75) is 6.10 Å². The minimum absolute atomic E-state index is 0.00502. The molecule has 1 atom stereocenters. The highest BCUT2D eigenvalue weighted by molar-refractivity contribution is 5.95. The number of amides is 1. The molecule has 3 rings (SSSR count). The van der Waals surface area contributed by atoms with Gasteiger partial charge in [-0.1, -0.05) is 30.3 Å². The highest BCUT2D eigenvalue weighted by Crippen LogP contribution is 2.17. The van der Waals surface area contributed by atoms with E-state index >= 15 is 0 Å². The van der Waals surface area contributed by atoms with Gasteiger partial charge in [0, 0.05) is 25.1 Å². The third-order valence-corrected chi connectivity index (χ3v) is 3.80. The van der Waals surface area contributed by atoms with Gasteiger partial charge in [-0.25, -0.2) is 0 Å². The number of rotatable bonds is 5.